The van der Waals surface area contributed by atoms with E-state index in [2.05, 4.69) is 21.2 Å². The van der Waals surface area contributed by atoms with Crippen LogP contribution in [0.2, 0.25) is 0 Å². The second-order valence-corrected chi connectivity index (χ2v) is 8.35. The molecule has 2 aromatic rings. The number of amides is 2. The van der Waals surface area contributed by atoms with Crippen LogP contribution in [0.3, 0.4) is 0 Å². The van der Waals surface area contributed by atoms with Crippen molar-refractivity contribution in [3.63, 3.8) is 0 Å². The van der Waals surface area contributed by atoms with E-state index in [9.17, 15) is 14.7 Å². The number of nitrogens with one attached hydrogen (secondary N) is 1. The van der Waals surface area contributed by atoms with Gasteiger partial charge in [0.2, 0.25) is 11.8 Å². The van der Waals surface area contributed by atoms with Gasteiger partial charge >= 0.3 is 0 Å². The van der Waals surface area contributed by atoms with Crippen molar-refractivity contribution in [1.82, 2.24) is 5.32 Å². The number of benzene rings is 2. The summed E-state index contributed by atoms with van der Waals surface area (Å²) >= 11 is 3.47. The van der Waals surface area contributed by atoms with E-state index < -0.39 is 18.1 Å². The van der Waals surface area contributed by atoms with Gasteiger partial charge in [0.05, 0.1) is 23.8 Å². The van der Waals surface area contributed by atoms with Gasteiger partial charge in [-0.15, -0.1) is 0 Å². The van der Waals surface area contributed by atoms with Crippen molar-refractivity contribution in [2.75, 3.05) is 11.4 Å². The number of anilines is 1. The Balaban J connectivity index is 1.71. The average molecular weight is 445 g/mol. The monoisotopic (exact) mass is 444 g/mol. The SMILES string of the molecule is CC(C)[C@H](NC(=O)[C@@H]1CC(=O)N(c2ccccc2Br)C1)[C@@H](O)c1ccccc1. The van der Waals surface area contributed by atoms with Gasteiger partial charge in [0.15, 0.2) is 0 Å². The van der Waals surface area contributed by atoms with E-state index in [0.717, 1.165) is 15.7 Å². The smallest absolute Gasteiger partial charge is 0.227 e. The van der Waals surface area contributed by atoms with Crippen LogP contribution in [0.15, 0.2) is 59.1 Å². The number of carbonyl (C=O) groups excluding carboxylic acids is 2. The molecule has 2 aromatic carbocycles. The van der Waals surface area contributed by atoms with E-state index in [1.165, 1.54) is 0 Å². The normalized spacial score (nSPS) is 19.0. The molecule has 148 valence electrons. The Bertz CT molecular complexity index is 841. The molecule has 0 unspecified atom stereocenters. The van der Waals surface area contributed by atoms with Crippen molar-refractivity contribution in [2.45, 2.75) is 32.4 Å². The number of carbonyl (C=O) groups is 2. The lowest BCUT2D eigenvalue weighted by Crippen LogP contribution is -2.46. The first-order chi connectivity index (χ1) is 13.4. The van der Waals surface area contributed by atoms with Crippen molar-refractivity contribution in [2.24, 2.45) is 11.8 Å². The molecule has 28 heavy (non-hydrogen) atoms. The molecule has 0 radical (unpaired) electrons. The molecule has 0 spiro atoms. The van der Waals surface area contributed by atoms with E-state index in [4.69, 9.17) is 0 Å². The highest BCUT2D eigenvalue weighted by Crippen LogP contribution is 2.31. The molecular weight excluding hydrogens is 420 g/mol. The lowest BCUT2D eigenvalue weighted by Gasteiger charge is -2.29. The molecule has 6 heteroatoms. The Morgan fingerprint density at radius 3 is 2.43 bits per heavy atom. The Hall–Kier alpha value is -2.18. The summed E-state index contributed by atoms with van der Waals surface area (Å²) in [7, 11) is 0. The summed E-state index contributed by atoms with van der Waals surface area (Å²) in [6.07, 6.45) is -0.638. The zero-order chi connectivity index (χ0) is 20.3. The van der Waals surface area contributed by atoms with Crippen molar-refractivity contribution in [3.05, 3.63) is 64.6 Å². The van der Waals surface area contributed by atoms with Crippen LogP contribution < -0.4 is 10.2 Å². The van der Waals surface area contributed by atoms with Crippen LogP contribution in [0.25, 0.3) is 0 Å². The number of rotatable bonds is 6. The zero-order valence-corrected chi connectivity index (χ0v) is 17.6. The van der Waals surface area contributed by atoms with E-state index in [1.807, 2.05) is 68.4 Å². The van der Waals surface area contributed by atoms with Crippen LogP contribution in [0, 0.1) is 11.8 Å². The van der Waals surface area contributed by atoms with Gasteiger partial charge in [-0.25, -0.2) is 0 Å². The first kappa shape index (κ1) is 20.6. The third-order valence-electron chi connectivity index (χ3n) is 5.15. The number of para-hydroxylation sites is 1. The van der Waals surface area contributed by atoms with Gasteiger partial charge < -0.3 is 15.3 Å². The maximum atomic E-state index is 12.9. The van der Waals surface area contributed by atoms with Crippen LogP contribution in [0.5, 0.6) is 0 Å². The fraction of sp³-hybridized carbons (Fsp3) is 0.364. The fourth-order valence-corrected chi connectivity index (χ4v) is 4.04. The number of aliphatic hydroxyl groups is 1. The van der Waals surface area contributed by atoms with Gasteiger partial charge in [-0.05, 0) is 39.5 Å². The van der Waals surface area contributed by atoms with Crippen molar-refractivity contribution in [1.29, 1.82) is 0 Å². The molecule has 3 atom stereocenters. The minimum atomic E-state index is -0.804. The van der Waals surface area contributed by atoms with Gasteiger partial charge in [-0.2, -0.15) is 0 Å². The second-order valence-electron chi connectivity index (χ2n) is 7.49. The second kappa shape index (κ2) is 8.88. The number of hydrogen-bond acceptors (Lipinski definition) is 3. The standard InChI is InChI=1S/C22H25BrN2O3/c1-14(2)20(21(27)15-8-4-3-5-9-15)24-22(28)16-12-19(26)25(13-16)18-11-7-6-10-17(18)23/h3-11,14,16,20-21,27H,12-13H2,1-2H3,(H,24,28)/t16-,20+,21+/m1/s1. The molecular formula is C22H25BrN2O3. The summed E-state index contributed by atoms with van der Waals surface area (Å²) in [6.45, 7) is 4.26. The van der Waals surface area contributed by atoms with Crippen LogP contribution >= 0.6 is 15.9 Å². The number of nitrogens with zero attached hydrogens (tertiary/aromatic N) is 1. The number of halogens is 1. The molecule has 2 N–H and O–H groups in total. The summed E-state index contributed by atoms with van der Waals surface area (Å²) in [5.41, 5.74) is 1.53. The third kappa shape index (κ3) is 4.45. The number of aliphatic hydroxyl groups excluding tert-OH is 1. The molecule has 1 aliphatic rings. The Kier molecular flexibility index (Phi) is 6.52. The van der Waals surface area contributed by atoms with Crippen LogP contribution in [0.1, 0.15) is 31.9 Å². The minimum Gasteiger partial charge on any atom is -0.386 e. The van der Waals surface area contributed by atoms with Crippen LogP contribution in [0.4, 0.5) is 5.69 Å². The zero-order valence-electron chi connectivity index (χ0n) is 16.0. The highest BCUT2D eigenvalue weighted by atomic mass is 79.9. The molecule has 1 heterocycles. The fourth-order valence-electron chi connectivity index (χ4n) is 3.54. The van der Waals surface area contributed by atoms with E-state index in [1.54, 1.807) is 4.90 Å². The van der Waals surface area contributed by atoms with Crippen molar-refractivity contribution in [3.8, 4) is 0 Å². The molecule has 5 nitrogen and oxygen atoms in total. The topological polar surface area (TPSA) is 69.6 Å². The van der Waals surface area contributed by atoms with Gasteiger partial charge in [0.1, 0.15) is 0 Å². The minimum absolute atomic E-state index is 0.0376. The molecule has 1 saturated heterocycles. The highest BCUT2D eigenvalue weighted by Gasteiger charge is 2.37. The Labute approximate surface area is 173 Å². The van der Waals surface area contributed by atoms with Crippen LogP contribution in [-0.4, -0.2) is 29.5 Å². The van der Waals surface area contributed by atoms with Gasteiger partial charge in [-0.1, -0.05) is 56.3 Å². The first-order valence-electron chi connectivity index (χ1n) is 9.46. The molecule has 0 bridgehead atoms. The largest absolute Gasteiger partial charge is 0.386 e. The molecule has 1 aliphatic heterocycles. The third-order valence-corrected chi connectivity index (χ3v) is 5.82. The van der Waals surface area contributed by atoms with E-state index >= 15 is 0 Å². The first-order valence-corrected chi connectivity index (χ1v) is 10.3. The van der Waals surface area contributed by atoms with Gasteiger partial charge in [0.25, 0.3) is 0 Å². The summed E-state index contributed by atoms with van der Waals surface area (Å²) in [4.78, 5) is 27.0. The lowest BCUT2D eigenvalue weighted by molar-refractivity contribution is -0.128. The molecule has 0 aromatic heterocycles. The van der Waals surface area contributed by atoms with Gasteiger partial charge in [0, 0.05) is 17.4 Å². The summed E-state index contributed by atoms with van der Waals surface area (Å²) < 4.78 is 0.823. The molecule has 0 aliphatic carbocycles. The predicted octanol–water partition coefficient (Wildman–Crippen LogP) is 3.68. The molecule has 2 amide bonds. The van der Waals surface area contributed by atoms with Gasteiger partial charge in [-0.3, -0.25) is 9.59 Å². The lowest BCUT2D eigenvalue weighted by atomic mass is 9.92. The number of hydrogen-bond donors (Lipinski definition) is 2. The average Bonchev–Trinajstić information content (AvgIpc) is 3.08. The van der Waals surface area contributed by atoms with Crippen molar-refractivity contribution < 1.29 is 14.7 Å². The quantitative estimate of drug-likeness (QED) is 0.713. The molecule has 0 saturated carbocycles. The molecule has 1 fully saturated rings. The predicted molar refractivity (Wildman–Crippen MR) is 113 cm³/mol. The summed E-state index contributed by atoms with van der Waals surface area (Å²) in [6, 6.07) is 16.4. The Morgan fingerprint density at radius 1 is 1.14 bits per heavy atom. The summed E-state index contributed by atoms with van der Waals surface area (Å²) in [5, 5.41) is 13.7. The van der Waals surface area contributed by atoms with E-state index in [-0.39, 0.29) is 24.2 Å². The molecule has 3 rings (SSSR count). The maximum Gasteiger partial charge on any atom is 0.227 e. The highest BCUT2D eigenvalue weighted by molar-refractivity contribution is 9.10. The van der Waals surface area contributed by atoms with Crippen molar-refractivity contribution >= 4 is 33.4 Å². The van der Waals surface area contributed by atoms with E-state index in [0.29, 0.717) is 6.54 Å². The maximum absolute atomic E-state index is 12.9. The summed E-state index contributed by atoms with van der Waals surface area (Å²) in [5.74, 6) is -0.673. The van der Waals surface area contributed by atoms with Crippen LogP contribution in [-0.2, 0) is 9.59 Å². The Morgan fingerprint density at radius 2 is 1.79 bits per heavy atom.